The highest BCUT2D eigenvalue weighted by atomic mass is 16.6. The van der Waals surface area contributed by atoms with E-state index in [-0.39, 0.29) is 17.8 Å². The Kier molecular flexibility index (Phi) is 6.44. The van der Waals surface area contributed by atoms with Gasteiger partial charge < -0.3 is 10.1 Å². The van der Waals surface area contributed by atoms with Gasteiger partial charge in [-0.3, -0.25) is 19.8 Å². The number of ether oxygens (including phenoxy) is 1. The van der Waals surface area contributed by atoms with Gasteiger partial charge in [-0.05, 0) is 18.2 Å². The van der Waals surface area contributed by atoms with E-state index in [1.165, 1.54) is 17.0 Å². The normalized spacial score (nSPS) is 9.78. The molecule has 0 aromatic heterocycles. The van der Waals surface area contributed by atoms with Crippen LogP contribution in [0.25, 0.3) is 0 Å². The predicted molar refractivity (Wildman–Crippen MR) is 97.3 cm³/mol. The first-order valence-electron chi connectivity index (χ1n) is 7.83. The van der Waals surface area contributed by atoms with Gasteiger partial charge in [0.15, 0.2) is 6.61 Å². The van der Waals surface area contributed by atoms with Crippen LogP contribution in [0.3, 0.4) is 0 Å². The average molecular weight is 368 g/mol. The lowest BCUT2D eigenvalue weighted by Crippen LogP contribution is -2.35. The van der Waals surface area contributed by atoms with E-state index in [4.69, 9.17) is 10.00 Å². The second-order valence-electron chi connectivity index (χ2n) is 5.29. The lowest BCUT2D eigenvalue weighted by Gasteiger charge is -2.19. The molecule has 0 heterocycles. The van der Waals surface area contributed by atoms with Crippen LogP contribution in [0.1, 0.15) is 10.4 Å². The third kappa shape index (κ3) is 4.79. The van der Waals surface area contributed by atoms with Crippen molar-refractivity contribution in [2.75, 3.05) is 30.4 Å². The van der Waals surface area contributed by atoms with E-state index in [9.17, 15) is 19.7 Å². The molecule has 0 bridgehead atoms. The number of carbonyl (C=O) groups is 2. The summed E-state index contributed by atoms with van der Waals surface area (Å²) in [6.07, 6.45) is 0. The van der Waals surface area contributed by atoms with Crippen LogP contribution in [0, 0.1) is 21.4 Å². The lowest BCUT2D eigenvalue weighted by atomic mass is 10.1. The molecule has 0 aliphatic carbocycles. The van der Waals surface area contributed by atoms with Gasteiger partial charge >= 0.3 is 5.97 Å². The highest BCUT2D eigenvalue weighted by Crippen LogP contribution is 2.23. The molecule has 0 aliphatic heterocycles. The molecule has 0 fully saturated rings. The van der Waals surface area contributed by atoms with Crippen molar-refractivity contribution in [2.45, 2.75) is 0 Å². The highest BCUT2D eigenvalue weighted by Gasteiger charge is 2.21. The van der Waals surface area contributed by atoms with E-state index in [0.29, 0.717) is 11.4 Å². The van der Waals surface area contributed by atoms with Gasteiger partial charge in [0.2, 0.25) is 0 Å². The van der Waals surface area contributed by atoms with Crippen molar-refractivity contribution in [2.24, 2.45) is 0 Å². The summed E-state index contributed by atoms with van der Waals surface area (Å²) in [5.74, 6) is -1.48. The molecule has 2 rings (SSSR count). The molecule has 2 aromatic carbocycles. The fourth-order valence-corrected chi connectivity index (χ4v) is 2.32. The molecule has 0 radical (unpaired) electrons. The number of anilines is 2. The highest BCUT2D eigenvalue weighted by molar-refractivity contribution is 6.00. The summed E-state index contributed by atoms with van der Waals surface area (Å²) < 4.78 is 5.01. The van der Waals surface area contributed by atoms with E-state index in [1.54, 1.807) is 37.4 Å². The lowest BCUT2D eigenvalue weighted by molar-refractivity contribution is -0.384. The van der Waals surface area contributed by atoms with Crippen molar-refractivity contribution in [3.63, 3.8) is 0 Å². The molecule has 0 saturated heterocycles. The Hall–Kier alpha value is -3.93. The van der Waals surface area contributed by atoms with Gasteiger partial charge in [0.25, 0.3) is 11.6 Å². The fraction of sp³-hybridized carbons (Fsp3) is 0.167. The standard InChI is InChI=1S/C18H16N4O5/c1-20-16-8-7-14(22(25)26)11-15(16)18(24)27-12-17(23)21(10-9-19)13-5-3-2-4-6-13/h2-8,11,20H,10,12H2,1H3. The third-order valence-electron chi connectivity index (χ3n) is 3.63. The Morgan fingerprint density at radius 2 is 1.96 bits per heavy atom. The van der Waals surface area contributed by atoms with Crippen LogP contribution in [0.2, 0.25) is 0 Å². The second-order valence-corrected chi connectivity index (χ2v) is 5.29. The summed E-state index contributed by atoms with van der Waals surface area (Å²) in [5.41, 5.74) is 0.482. The first-order chi connectivity index (χ1) is 13.0. The number of nitro benzene ring substituents is 1. The topological polar surface area (TPSA) is 126 Å². The Balaban J connectivity index is 2.14. The number of hydrogen-bond donors (Lipinski definition) is 1. The molecule has 2 aromatic rings. The number of nitrogens with zero attached hydrogens (tertiary/aromatic N) is 3. The summed E-state index contributed by atoms with van der Waals surface area (Å²) in [6.45, 7) is -0.819. The predicted octanol–water partition coefficient (Wildman–Crippen LogP) is 2.35. The third-order valence-corrected chi connectivity index (χ3v) is 3.63. The van der Waals surface area contributed by atoms with Crippen LogP contribution >= 0.6 is 0 Å². The number of amides is 1. The number of nitrogens with one attached hydrogen (secondary N) is 1. The van der Waals surface area contributed by atoms with E-state index in [1.807, 2.05) is 6.07 Å². The van der Waals surface area contributed by atoms with Gasteiger partial charge in [-0.25, -0.2) is 4.79 Å². The maximum atomic E-state index is 12.4. The van der Waals surface area contributed by atoms with Crippen LogP contribution < -0.4 is 10.2 Å². The Morgan fingerprint density at radius 1 is 1.26 bits per heavy atom. The maximum Gasteiger partial charge on any atom is 0.341 e. The van der Waals surface area contributed by atoms with Gasteiger partial charge in [-0.2, -0.15) is 5.26 Å². The molecule has 0 spiro atoms. The number of para-hydroxylation sites is 1. The number of benzene rings is 2. The smallest absolute Gasteiger partial charge is 0.341 e. The summed E-state index contributed by atoms with van der Waals surface area (Å²) >= 11 is 0. The second kappa shape index (κ2) is 8.96. The molecule has 138 valence electrons. The van der Waals surface area contributed by atoms with Crippen LogP contribution in [-0.2, 0) is 9.53 Å². The molecule has 0 aliphatic rings. The number of nitro groups is 1. The summed E-state index contributed by atoms with van der Waals surface area (Å²) in [7, 11) is 1.55. The molecule has 9 heteroatoms. The van der Waals surface area contributed by atoms with Crippen LogP contribution in [0.4, 0.5) is 17.1 Å². The van der Waals surface area contributed by atoms with Gasteiger partial charge in [0, 0.05) is 30.6 Å². The minimum atomic E-state index is -0.888. The van der Waals surface area contributed by atoms with Gasteiger partial charge in [-0.15, -0.1) is 0 Å². The van der Waals surface area contributed by atoms with Gasteiger partial charge in [-0.1, -0.05) is 18.2 Å². The zero-order valence-corrected chi connectivity index (χ0v) is 14.4. The van der Waals surface area contributed by atoms with Crippen molar-refractivity contribution in [3.8, 4) is 6.07 Å². The Labute approximate surface area is 154 Å². The monoisotopic (exact) mass is 368 g/mol. The molecular formula is C18H16N4O5. The van der Waals surface area contributed by atoms with E-state index >= 15 is 0 Å². The Bertz CT molecular complexity index is 892. The fourth-order valence-electron chi connectivity index (χ4n) is 2.32. The molecule has 1 N–H and O–H groups in total. The molecule has 9 nitrogen and oxygen atoms in total. The quantitative estimate of drug-likeness (QED) is 0.344. The molecule has 0 saturated carbocycles. The van der Waals surface area contributed by atoms with Gasteiger partial charge in [0.05, 0.1) is 16.6 Å². The van der Waals surface area contributed by atoms with Crippen molar-refractivity contribution in [3.05, 3.63) is 64.2 Å². The number of non-ortho nitro benzene ring substituents is 1. The van der Waals surface area contributed by atoms with Gasteiger partial charge in [0.1, 0.15) is 6.54 Å². The van der Waals surface area contributed by atoms with E-state index < -0.39 is 23.4 Å². The Morgan fingerprint density at radius 3 is 2.56 bits per heavy atom. The zero-order valence-electron chi connectivity index (χ0n) is 14.4. The molecule has 0 unspecified atom stereocenters. The van der Waals surface area contributed by atoms with Crippen LogP contribution in [0.5, 0.6) is 0 Å². The van der Waals surface area contributed by atoms with Crippen molar-refractivity contribution in [1.82, 2.24) is 0 Å². The van der Waals surface area contributed by atoms with Crippen molar-refractivity contribution >= 4 is 28.9 Å². The first-order valence-corrected chi connectivity index (χ1v) is 7.83. The summed E-state index contributed by atoms with van der Waals surface area (Å²) in [6, 6.07) is 14.1. The summed E-state index contributed by atoms with van der Waals surface area (Å²) in [5, 5.41) is 22.6. The molecular weight excluding hydrogens is 352 g/mol. The van der Waals surface area contributed by atoms with Crippen LogP contribution in [-0.4, -0.2) is 37.0 Å². The number of rotatable bonds is 7. The first kappa shape index (κ1) is 19.4. The molecule has 27 heavy (non-hydrogen) atoms. The SMILES string of the molecule is CNc1ccc([N+](=O)[O-])cc1C(=O)OCC(=O)N(CC#N)c1ccccc1. The van der Waals surface area contributed by atoms with Crippen LogP contribution in [0.15, 0.2) is 48.5 Å². The largest absolute Gasteiger partial charge is 0.452 e. The van der Waals surface area contributed by atoms with Crippen molar-refractivity contribution < 1.29 is 19.2 Å². The maximum absolute atomic E-state index is 12.4. The molecule has 0 atom stereocenters. The summed E-state index contributed by atoms with van der Waals surface area (Å²) in [4.78, 5) is 36.1. The van der Waals surface area contributed by atoms with Crippen molar-refractivity contribution in [1.29, 1.82) is 5.26 Å². The van der Waals surface area contributed by atoms with E-state index in [0.717, 1.165) is 6.07 Å². The minimum absolute atomic E-state index is 0.0638. The number of esters is 1. The molecule has 1 amide bonds. The number of hydrogen-bond acceptors (Lipinski definition) is 7. The average Bonchev–Trinajstić information content (AvgIpc) is 2.70. The van der Waals surface area contributed by atoms with E-state index in [2.05, 4.69) is 5.32 Å². The minimum Gasteiger partial charge on any atom is -0.452 e. The zero-order chi connectivity index (χ0) is 19.8. The number of nitriles is 1. The number of carbonyl (C=O) groups excluding carboxylic acids is 2.